The number of rotatable bonds is 7. The lowest BCUT2D eigenvalue weighted by Crippen LogP contribution is -2.20. The van der Waals surface area contributed by atoms with Gasteiger partial charge in [-0.3, -0.25) is 25.0 Å². The van der Waals surface area contributed by atoms with Crippen molar-refractivity contribution in [3.05, 3.63) is 79.6 Å². The van der Waals surface area contributed by atoms with Crippen molar-refractivity contribution in [2.75, 3.05) is 11.9 Å². The van der Waals surface area contributed by atoms with Gasteiger partial charge in [0.2, 0.25) is 0 Å². The van der Waals surface area contributed by atoms with Crippen LogP contribution in [0.2, 0.25) is 10.0 Å². The summed E-state index contributed by atoms with van der Waals surface area (Å²) >= 11 is 14.2. The summed E-state index contributed by atoms with van der Waals surface area (Å²) in [6, 6.07) is 12.3. The number of nitrogens with zero attached hydrogens (tertiary/aromatic N) is 1. The van der Waals surface area contributed by atoms with Crippen molar-refractivity contribution in [1.82, 2.24) is 10.3 Å². The van der Waals surface area contributed by atoms with Crippen LogP contribution in [0.1, 0.15) is 16.0 Å². The molecular formula is C22H15Cl2N3O4S2. The van der Waals surface area contributed by atoms with Crippen molar-refractivity contribution < 1.29 is 19.1 Å². The van der Waals surface area contributed by atoms with Crippen molar-refractivity contribution in [1.29, 1.82) is 0 Å². The molecule has 2 aromatic carbocycles. The van der Waals surface area contributed by atoms with E-state index in [-0.39, 0.29) is 17.4 Å². The number of thiazole rings is 1. The quantitative estimate of drug-likeness (QED) is 0.406. The summed E-state index contributed by atoms with van der Waals surface area (Å²) in [6.07, 6.45) is 3.85. The highest BCUT2D eigenvalue weighted by Crippen LogP contribution is 2.29. The fourth-order valence-corrected chi connectivity index (χ4v) is 4.75. The molecule has 0 saturated carbocycles. The molecular weight excluding hydrogens is 505 g/mol. The predicted octanol–water partition coefficient (Wildman–Crippen LogP) is 5.38. The third kappa shape index (κ3) is 6.14. The minimum Gasteiger partial charge on any atom is -0.483 e. The number of thioether (sulfide) groups is 1. The number of para-hydroxylation sites is 1. The third-order valence-electron chi connectivity index (χ3n) is 4.37. The molecule has 1 aliphatic rings. The fraction of sp³-hybridized carbons (Fsp3) is 0.0909. The predicted molar refractivity (Wildman–Crippen MR) is 131 cm³/mol. The highest BCUT2D eigenvalue weighted by Gasteiger charge is 2.25. The number of halogens is 2. The van der Waals surface area contributed by atoms with E-state index in [1.165, 1.54) is 11.3 Å². The Hall–Kier alpha value is -2.85. The first-order chi connectivity index (χ1) is 15.9. The van der Waals surface area contributed by atoms with E-state index in [4.69, 9.17) is 27.9 Å². The van der Waals surface area contributed by atoms with Crippen molar-refractivity contribution in [2.45, 2.75) is 6.42 Å². The van der Waals surface area contributed by atoms with Crippen LogP contribution in [-0.4, -0.2) is 28.6 Å². The topological polar surface area (TPSA) is 97.4 Å². The molecule has 11 heteroatoms. The molecule has 0 unspecified atom stereocenters. The lowest BCUT2D eigenvalue weighted by molar-refractivity contribution is -0.118. The Kier molecular flexibility index (Phi) is 7.34. The second-order valence-electron chi connectivity index (χ2n) is 6.78. The van der Waals surface area contributed by atoms with Crippen LogP contribution in [0.25, 0.3) is 6.08 Å². The van der Waals surface area contributed by atoms with Gasteiger partial charge < -0.3 is 4.74 Å². The lowest BCUT2D eigenvalue weighted by Gasteiger charge is -2.09. The number of ether oxygens (including phenoxy) is 1. The highest BCUT2D eigenvalue weighted by atomic mass is 35.5. The molecule has 2 N–H and O–H groups in total. The first kappa shape index (κ1) is 23.3. The van der Waals surface area contributed by atoms with Gasteiger partial charge in [0.15, 0.2) is 11.7 Å². The van der Waals surface area contributed by atoms with Gasteiger partial charge in [0.05, 0.1) is 15.0 Å². The summed E-state index contributed by atoms with van der Waals surface area (Å²) in [5, 5.41) is 5.92. The molecule has 3 aromatic rings. The van der Waals surface area contributed by atoms with Crippen molar-refractivity contribution >= 4 is 74.6 Å². The van der Waals surface area contributed by atoms with E-state index in [2.05, 4.69) is 15.6 Å². The number of nitrogens with one attached hydrogen (secondary N) is 2. The summed E-state index contributed by atoms with van der Waals surface area (Å²) in [5.41, 5.74) is 1.56. The van der Waals surface area contributed by atoms with Crippen LogP contribution >= 0.6 is 46.3 Å². The summed E-state index contributed by atoms with van der Waals surface area (Å²) in [7, 11) is 0. The van der Waals surface area contributed by atoms with Crippen LogP contribution in [0.15, 0.2) is 53.6 Å². The van der Waals surface area contributed by atoms with Gasteiger partial charge in [-0.25, -0.2) is 4.98 Å². The fourth-order valence-electron chi connectivity index (χ4n) is 2.89. The molecule has 0 aliphatic carbocycles. The van der Waals surface area contributed by atoms with Gasteiger partial charge in [0.25, 0.3) is 17.1 Å². The molecule has 1 saturated heterocycles. The van der Waals surface area contributed by atoms with Crippen LogP contribution in [0.4, 0.5) is 9.93 Å². The Morgan fingerprint density at radius 2 is 1.97 bits per heavy atom. The maximum atomic E-state index is 12.4. The molecule has 7 nitrogen and oxygen atoms in total. The largest absolute Gasteiger partial charge is 0.483 e. The molecule has 33 heavy (non-hydrogen) atoms. The summed E-state index contributed by atoms with van der Waals surface area (Å²) in [5.74, 6) is -0.429. The van der Waals surface area contributed by atoms with E-state index >= 15 is 0 Å². The van der Waals surface area contributed by atoms with E-state index in [0.717, 1.165) is 22.2 Å². The van der Waals surface area contributed by atoms with E-state index < -0.39 is 11.1 Å². The first-order valence-electron chi connectivity index (χ1n) is 9.52. The van der Waals surface area contributed by atoms with Gasteiger partial charge in [0, 0.05) is 23.1 Å². The molecule has 4 rings (SSSR count). The van der Waals surface area contributed by atoms with Gasteiger partial charge in [-0.05, 0) is 41.6 Å². The third-order valence-corrected chi connectivity index (χ3v) is 6.83. The smallest absolute Gasteiger partial charge is 0.290 e. The monoisotopic (exact) mass is 519 g/mol. The molecule has 3 amide bonds. The summed E-state index contributed by atoms with van der Waals surface area (Å²) < 4.78 is 5.64. The average molecular weight is 520 g/mol. The summed E-state index contributed by atoms with van der Waals surface area (Å²) in [4.78, 5) is 40.9. The van der Waals surface area contributed by atoms with Gasteiger partial charge in [0.1, 0.15) is 5.75 Å². The molecule has 0 bridgehead atoms. The lowest BCUT2D eigenvalue weighted by atomic mass is 10.1. The number of carbonyl (C=O) groups excluding carboxylic acids is 3. The van der Waals surface area contributed by atoms with Gasteiger partial charge in [-0.2, -0.15) is 0 Å². The van der Waals surface area contributed by atoms with E-state index in [9.17, 15) is 14.4 Å². The minimum absolute atomic E-state index is 0.250. The number of amides is 3. The van der Waals surface area contributed by atoms with Crippen LogP contribution in [-0.2, 0) is 16.0 Å². The normalized spacial score (nSPS) is 14.4. The van der Waals surface area contributed by atoms with E-state index in [1.54, 1.807) is 48.7 Å². The Balaban J connectivity index is 1.35. The van der Waals surface area contributed by atoms with Crippen LogP contribution < -0.4 is 15.4 Å². The second kappa shape index (κ2) is 10.4. The molecule has 1 aromatic heterocycles. The number of imide groups is 1. The Morgan fingerprint density at radius 3 is 2.73 bits per heavy atom. The highest BCUT2D eigenvalue weighted by molar-refractivity contribution is 8.18. The van der Waals surface area contributed by atoms with Crippen LogP contribution in [0.3, 0.4) is 0 Å². The number of hydrogen-bond acceptors (Lipinski definition) is 7. The molecule has 1 aliphatic heterocycles. The Labute approximate surface area is 207 Å². The number of carbonyl (C=O) groups is 3. The van der Waals surface area contributed by atoms with E-state index in [0.29, 0.717) is 32.9 Å². The second-order valence-corrected chi connectivity index (χ2v) is 9.73. The molecule has 0 spiro atoms. The molecule has 0 atom stereocenters. The number of hydrogen-bond donors (Lipinski definition) is 2. The van der Waals surface area contributed by atoms with Crippen molar-refractivity contribution in [3.63, 3.8) is 0 Å². The van der Waals surface area contributed by atoms with Gasteiger partial charge in [-0.15, -0.1) is 11.3 Å². The molecule has 2 heterocycles. The van der Waals surface area contributed by atoms with Crippen LogP contribution in [0.5, 0.6) is 5.75 Å². The number of anilines is 1. The molecule has 0 radical (unpaired) electrons. The SMILES string of the molecule is O=C(COc1ccccc1/C=C1\SC(=O)NC1=O)Nc1ncc(Cc2ccc(Cl)c(Cl)c2)s1. The minimum atomic E-state index is -0.460. The zero-order chi connectivity index (χ0) is 23.4. The zero-order valence-corrected chi connectivity index (χ0v) is 19.9. The van der Waals surface area contributed by atoms with E-state index in [1.807, 2.05) is 6.07 Å². The average Bonchev–Trinajstić information content (AvgIpc) is 3.35. The van der Waals surface area contributed by atoms with Gasteiger partial charge in [-0.1, -0.05) is 47.5 Å². The number of benzene rings is 2. The maximum Gasteiger partial charge on any atom is 0.290 e. The van der Waals surface area contributed by atoms with Crippen LogP contribution in [0, 0.1) is 0 Å². The molecule has 168 valence electrons. The van der Waals surface area contributed by atoms with Crippen molar-refractivity contribution in [3.8, 4) is 5.75 Å². The Bertz CT molecular complexity index is 1280. The first-order valence-corrected chi connectivity index (χ1v) is 11.9. The zero-order valence-electron chi connectivity index (χ0n) is 16.8. The number of aromatic nitrogens is 1. The molecule has 1 fully saturated rings. The van der Waals surface area contributed by atoms with Gasteiger partial charge >= 0.3 is 0 Å². The van der Waals surface area contributed by atoms with Crippen molar-refractivity contribution in [2.24, 2.45) is 0 Å². The summed E-state index contributed by atoms with van der Waals surface area (Å²) in [6.45, 7) is -0.250. The standard InChI is InChI=1S/C22H15Cl2N3O4S2/c23-15-6-5-12(8-16(15)24)7-14-10-25-21(32-14)26-19(28)11-31-17-4-2-1-3-13(17)9-18-20(29)27-22(30)33-18/h1-6,8-10H,7,11H2,(H,25,26,28)(H,27,29,30)/b18-9-. The maximum absolute atomic E-state index is 12.4. The Morgan fingerprint density at radius 1 is 1.15 bits per heavy atom.